The first-order chi connectivity index (χ1) is 6.01. The molecular weight excluding hydrogens is 176 g/mol. The molecule has 1 heterocycles. The van der Waals surface area contributed by atoms with E-state index in [1.807, 2.05) is 0 Å². The largest absolute Gasteiger partial charge is 0.327 e. The van der Waals surface area contributed by atoms with Crippen LogP contribution in [0.5, 0.6) is 0 Å². The van der Waals surface area contributed by atoms with Gasteiger partial charge < -0.3 is 4.90 Å². The molecule has 1 aliphatic heterocycles. The predicted octanol–water partition coefficient (Wildman–Crippen LogP) is -1.35. The van der Waals surface area contributed by atoms with Crippen LogP contribution < -0.4 is 0 Å². The van der Waals surface area contributed by atoms with Gasteiger partial charge in [-0.15, -0.1) is 0 Å². The average Bonchev–Trinajstić information content (AvgIpc) is 2.31. The highest BCUT2D eigenvalue weighted by Gasteiger charge is 2.55. The van der Waals surface area contributed by atoms with Crippen LogP contribution in [0, 0.1) is 0 Å². The van der Waals surface area contributed by atoms with E-state index in [0.717, 1.165) is 9.80 Å². The smallest absolute Gasteiger partial charge is 0.300 e. The summed E-state index contributed by atoms with van der Waals surface area (Å²) in [5.41, 5.74) is -1.95. The molecule has 6 nitrogen and oxygen atoms in total. The third-order valence-electron chi connectivity index (χ3n) is 2.14. The second kappa shape index (κ2) is 2.65. The summed E-state index contributed by atoms with van der Waals surface area (Å²) >= 11 is 0. The maximum Gasteiger partial charge on any atom is 0.327 e. The average molecular weight is 184 g/mol. The topological polar surface area (TPSA) is 74.8 Å². The highest BCUT2D eigenvalue weighted by atomic mass is 16.2. The first-order valence-electron chi connectivity index (χ1n) is 3.50. The minimum atomic E-state index is -1.95. The van der Waals surface area contributed by atoms with Crippen molar-refractivity contribution in [2.45, 2.75) is 5.54 Å². The molecule has 0 N–H and O–H groups in total. The number of rotatable bonds is 2. The van der Waals surface area contributed by atoms with Crippen molar-refractivity contribution in [3.8, 4) is 0 Å². The van der Waals surface area contributed by atoms with Crippen molar-refractivity contribution in [3.05, 3.63) is 0 Å². The molecular formula is C7H8N2O4. The van der Waals surface area contributed by atoms with Gasteiger partial charge in [0.1, 0.15) is 0 Å². The fourth-order valence-electron chi connectivity index (χ4n) is 1.17. The standard InChI is InChI=1S/C7H8N2O4/c1-8-5(12)7(3-10,4-11)9(2)6(8)13/h3-4H,1-2H3. The molecule has 1 fully saturated rings. The third-order valence-corrected chi connectivity index (χ3v) is 2.14. The maximum atomic E-state index is 11.3. The monoisotopic (exact) mass is 184 g/mol. The van der Waals surface area contributed by atoms with Crippen molar-refractivity contribution in [1.29, 1.82) is 0 Å². The molecule has 0 unspecified atom stereocenters. The summed E-state index contributed by atoms with van der Waals surface area (Å²) in [6.45, 7) is 0. The van der Waals surface area contributed by atoms with Crippen LogP contribution in [0.15, 0.2) is 0 Å². The van der Waals surface area contributed by atoms with Crippen molar-refractivity contribution >= 4 is 24.5 Å². The minimum absolute atomic E-state index is 0.170. The van der Waals surface area contributed by atoms with Crippen LogP contribution in [0.3, 0.4) is 0 Å². The zero-order valence-corrected chi connectivity index (χ0v) is 7.18. The first-order valence-corrected chi connectivity index (χ1v) is 3.50. The van der Waals surface area contributed by atoms with E-state index in [1.54, 1.807) is 0 Å². The normalized spacial score (nSPS) is 20.8. The van der Waals surface area contributed by atoms with Crippen molar-refractivity contribution < 1.29 is 19.2 Å². The van der Waals surface area contributed by atoms with Crippen molar-refractivity contribution in [1.82, 2.24) is 9.80 Å². The Morgan fingerprint density at radius 2 is 1.62 bits per heavy atom. The molecule has 1 aliphatic rings. The molecule has 0 bridgehead atoms. The Balaban J connectivity index is 3.26. The van der Waals surface area contributed by atoms with E-state index in [2.05, 4.69) is 0 Å². The Morgan fingerprint density at radius 3 is 1.77 bits per heavy atom. The van der Waals surface area contributed by atoms with Gasteiger partial charge in [-0.1, -0.05) is 0 Å². The van der Waals surface area contributed by atoms with Crippen molar-refractivity contribution in [3.63, 3.8) is 0 Å². The quantitative estimate of drug-likeness (QED) is 0.302. The van der Waals surface area contributed by atoms with Gasteiger partial charge in [0.25, 0.3) is 5.91 Å². The molecule has 1 rings (SSSR count). The van der Waals surface area contributed by atoms with Crippen LogP contribution in [0.2, 0.25) is 0 Å². The molecule has 0 aromatic rings. The van der Waals surface area contributed by atoms with Crippen LogP contribution >= 0.6 is 0 Å². The number of likely N-dealkylation sites (N-methyl/N-ethyl adjacent to an activating group) is 2. The van der Waals surface area contributed by atoms with E-state index in [0.29, 0.717) is 0 Å². The fourth-order valence-corrected chi connectivity index (χ4v) is 1.17. The summed E-state index contributed by atoms with van der Waals surface area (Å²) in [5.74, 6) is -0.815. The van der Waals surface area contributed by atoms with Gasteiger partial charge in [-0.3, -0.25) is 19.3 Å². The molecule has 0 saturated carbocycles. The van der Waals surface area contributed by atoms with Crippen LogP contribution in [-0.2, 0) is 14.4 Å². The van der Waals surface area contributed by atoms with E-state index in [-0.39, 0.29) is 12.6 Å². The lowest BCUT2D eigenvalue weighted by atomic mass is 10.0. The maximum absolute atomic E-state index is 11.3. The van der Waals surface area contributed by atoms with Gasteiger partial charge in [-0.25, -0.2) is 4.79 Å². The van der Waals surface area contributed by atoms with Crippen LogP contribution in [-0.4, -0.2) is 53.9 Å². The van der Waals surface area contributed by atoms with Crippen LogP contribution in [0.25, 0.3) is 0 Å². The molecule has 13 heavy (non-hydrogen) atoms. The van der Waals surface area contributed by atoms with Gasteiger partial charge in [0.05, 0.1) is 0 Å². The Morgan fingerprint density at radius 1 is 1.15 bits per heavy atom. The number of hydrogen-bond acceptors (Lipinski definition) is 4. The fraction of sp³-hybridized carbons (Fsp3) is 0.429. The third kappa shape index (κ3) is 0.881. The molecule has 0 aliphatic carbocycles. The number of amides is 3. The highest BCUT2D eigenvalue weighted by molar-refractivity contribution is 6.25. The Hall–Kier alpha value is -1.72. The predicted molar refractivity (Wildman–Crippen MR) is 40.8 cm³/mol. The Bertz CT molecular complexity index is 291. The summed E-state index contributed by atoms with van der Waals surface area (Å²) in [5, 5.41) is 0. The summed E-state index contributed by atoms with van der Waals surface area (Å²) < 4.78 is 0. The van der Waals surface area contributed by atoms with E-state index in [9.17, 15) is 19.2 Å². The zero-order chi connectivity index (χ0) is 10.2. The molecule has 0 spiro atoms. The summed E-state index contributed by atoms with van der Waals surface area (Å²) in [6.07, 6.45) is 0.341. The number of carbonyl (C=O) groups excluding carboxylic acids is 4. The lowest BCUT2D eigenvalue weighted by Gasteiger charge is -2.19. The zero-order valence-electron chi connectivity index (χ0n) is 7.18. The van der Waals surface area contributed by atoms with Gasteiger partial charge >= 0.3 is 6.03 Å². The van der Waals surface area contributed by atoms with Crippen molar-refractivity contribution in [2.75, 3.05) is 14.1 Å². The number of aldehydes is 2. The molecule has 70 valence electrons. The Kier molecular flexibility index (Phi) is 1.91. The first kappa shape index (κ1) is 9.37. The van der Waals surface area contributed by atoms with Crippen LogP contribution in [0.4, 0.5) is 4.79 Å². The van der Waals surface area contributed by atoms with Gasteiger partial charge in [0.15, 0.2) is 12.6 Å². The van der Waals surface area contributed by atoms with Gasteiger partial charge in [0, 0.05) is 14.1 Å². The van der Waals surface area contributed by atoms with E-state index < -0.39 is 17.5 Å². The molecule has 0 aromatic heterocycles. The lowest BCUT2D eigenvalue weighted by Crippen LogP contribution is -2.50. The number of hydrogen-bond donors (Lipinski definition) is 0. The minimum Gasteiger partial charge on any atom is -0.300 e. The molecule has 0 atom stereocenters. The molecule has 1 saturated heterocycles. The summed E-state index contributed by atoms with van der Waals surface area (Å²) in [4.78, 5) is 45.2. The highest BCUT2D eigenvalue weighted by Crippen LogP contribution is 2.21. The summed E-state index contributed by atoms with van der Waals surface area (Å²) in [6, 6.07) is -0.663. The van der Waals surface area contributed by atoms with Gasteiger partial charge in [0.2, 0.25) is 5.54 Å². The number of urea groups is 1. The number of carbonyl (C=O) groups is 4. The lowest BCUT2D eigenvalue weighted by molar-refractivity contribution is -0.139. The second-order valence-electron chi connectivity index (χ2n) is 2.77. The summed E-state index contributed by atoms with van der Waals surface area (Å²) in [7, 11) is 2.45. The van der Waals surface area contributed by atoms with Gasteiger partial charge in [-0.05, 0) is 0 Å². The van der Waals surface area contributed by atoms with E-state index in [4.69, 9.17) is 0 Å². The van der Waals surface area contributed by atoms with Gasteiger partial charge in [-0.2, -0.15) is 0 Å². The SMILES string of the molecule is CN1C(=O)N(C)C(C=O)(C=O)C1=O. The number of nitrogens with zero attached hydrogens (tertiary/aromatic N) is 2. The molecule has 0 aromatic carbocycles. The van der Waals surface area contributed by atoms with E-state index in [1.165, 1.54) is 14.1 Å². The second-order valence-corrected chi connectivity index (χ2v) is 2.77. The molecule has 6 heteroatoms. The number of imide groups is 1. The van der Waals surface area contributed by atoms with Crippen molar-refractivity contribution in [2.24, 2.45) is 0 Å². The van der Waals surface area contributed by atoms with Crippen LogP contribution in [0.1, 0.15) is 0 Å². The molecule has 3 amide bonds. The molecule has 0 radical (unpaired) electrons. The Labute approximate surface area is 74.1 Å². The van der Waals surface area contributed by atoms with E-state index >= 15 is 0 Å².